The summed E-state index contributed by atoms with van der Waals surface area (Å²) in [6, 6.07) is 10.3. The van der Waals surface area contributed by atoms with Crippen LogP contribution in [-0.2, 0) is 16.0 Å². The Kier molecular flexibility index (Phi) is 3.07. The first-order valence-corrected chi connectivity index (χ1v) is 6.48. The van der Waals surface area contributed by atoms with Crippen LogP contribution in [0.1, 0.15) is 12.0 Å². The molecule has 0 radical (unpaired) electrons. The van der Waals surface area contributed by atoms with Crippen molar-refractivity contribution in [3.8, 4) is 0 Å². The molecule has 0 amide bonds. The van der Waals surface area contributed by atoms with Crippen LogP contribution in [0.3, 0.4) is 0 Å². The first kappa shape index (κ1) is 12.0. The molecule has 0 aliphatic carbocycles. The van der Waals surface area contributed by atoms with Crippen LogP contribution in [-0.4, -0.2) is 31.2 Å². The van der Waals surface area contributed by atoms with Crippen LogP contribution in [0.5, 0.6) is 0 Å². The quantitative estimate of drug-likeness (QED) is 0.789. The van der Waals surface area contributed by atoms with E-state index in [2.05, 4.69) is 21.8 Å². The number of nitrogens with zero attached hydrogens (tertiary/aromatic N) is 2. The minimum atomic E-state index is -0.172. The van der Waals surface area contributed by atoms with Crippen molar-refractivity contribution in [3.05, 3.63) is 35.9 Å². The fraction of sp³-hybridized carbons (Fsp3) is 0.333. The molecule has 0 spiro atoms. The molecule has 1 aliphatic heterocycles. The predicted molar refractivity (Wildman–Crippen MR) is 74.3 cm³/mol. The normalized spacial score (nSPS) is 13.6. The number of anilines is 1. The number of hydrogen-bond donors (Lipinski definition) is 0. The highest BCUT2D eigenvalue weighted by atomic mass is 16.5. The van der Waals surface area contributed by atoms with E-state index in [-0.39, 0.29) is 5.97 Å². The Balaban J connectivity index is 1.87. The molecule has 4 nitrogen and oxygen atoms in total. The summed E-state index contributed by atoms with van der Waals surface area (Å²) in [5.41, 5.74) is 2.27. The molecule has 0 saturated heterocycles. The Labute approximate surface area is 112 Å². The van der Waals surface area contributed by atoms with Crippen molar-refractivity contribution in [1.29, 1.82) is 0 Å². The predicted octanol–water partition coefficient (Wildman–Crippen LogP) is 2.16. The van der Waals surface area contributed by atoms with Crippen LogP contribution in [0.4, 0.5) is 5.82 Å². The maximum Gasteiger partial charge on any atom is 0.307 e. The van der Waals surface area contributed by atoms with Crippen molar-refractivity contribution < 1.29 is 9.53 Å². The van der Waals surface area contributed by atoms with E-state index in [0.29, 0.717) is 13.0 Å². The lowest BCUT2D eigenvalue weighted by Crippen LogP contribution is -2.24. The lowest BCUT2D eigenvalue weighted by molar-refractivity contribution is -0.140. The van der Waals surface area contributed by atoms with Gasteiger partial charge in [-0.1, -0.05) is 18.2 Å². The van der Waals surface area contributed by atoms with E-state index in [9.17, 15) is 4.79 Å². The van der Waals surface area contributed by atoms with Gasteiger partial charge in [-0.15, -0.1) is 0 Å². The molecule has 0 N–H and O–H groups in total. The van der Waals surface area contributed by atoms with Crippen LogP contribution < -0.4 is 4.90 Å². The first-order chi connectivity index (χ1) is 9.28. The first-order valence-electron chi connectivity index (χ1n) is 6.48. The van der Waals surface area contributed by atoms with E-state index in [4.69, 9.17) is 4.98 Å². The molecule has 1 aliphatic rings. The van der Waals surface area contributed by atoms with Gasteiger partial charge in [0.1, 0.15) is 5.82 Å². The number of rotatable bonds is 3. The summed E-state index contributed by atoms with van der Waals surface area (Å²) in [5, 5.41) is 1.18. The molecule has 0 atom stereocenters. The Morgan fingerprint density at radius 2 is 2.26 bits per heavy atom. The molecule has 1 aromatic heterocycles. The fourth-order valence-corrected chi connectivity index (χ4v) is 2.51. The average Bonchev–Trinajstić information content (AvgIpc) is 2.84. The van der Waals surface area contributed by atoms with Gasteiger partial charge in [0.15, 0.2) is 0 Å². The number of pyridine rings is 1. The fourth-order valence-electron chi connectivity index (χ4n) is 2.51. The van der Waals surface area contributed by atoms with Crippen molar-refractivity contribution in [3.63, 3.8) is 0 Å². The molecule has 0 unspecified atom stereocenters. The lowest BCUT2D eigenvalue weighted by Gasteiger charge is -2.17. The Bertz CT molecular complexity index is 625. The maximum atomic E-state index is 11.2. The molecule has 98 valence electrons. The zero-order valence-electron chi connectivity index (χ0n) is 10.9. The SMILES string of the molecule is COC(=O)CCN1CCc2cc3ccccc3nc21. The average molecular weight is 256 g/mol. The number of carbonyl (C=O) groups excluding carboxylic acids is 1. The Morgan fingerprint density at radius 1 is 1.42 bits per heavy atom. The van der Waals surface area contributed by atoms with Gasteiger partial charge in [-0.2, -0.15) is 0 Å². The molecule has 0 bridgehead atoms. The van der Waals surface area contributed by atoms with E-state index < -0.39 is 0 Å². The Morgan fingerprint density at radius 3 is 3.11 bits per heavy atom. The zero-order chi connectivity index (χ0) is 13.2. The topological polar surface area (TPSA) is 42.4 Å². The summed E-state index contributed by atoms with van der Waals surface area (Å²) in [5.74, 6) is 0.844. The molecule has 2 aromatic rings. The number of carbonyl (C=O) groups is 1. The number of hydrogen-bond acceptors (Lipinski definition) is 4. The van der Waals surface area contributed by atoms with Gasteiger partial charge in [0, 0.05) is 18.5 Å². The van der Waals surface area contributed by atoms with Gasteiger partial charge < -0.3 is 9.64 Å². The highest BCUT2D eigenvalue weighted by Crippen LogP contribution is 2.29. The van der Waals surface area contributed by atoms with Crippen molar-refractivity contribution in [2.75, 3.05) is 25.1 Å². The second-order valence-corrected chi connectivity index (χ2v) is 4.73. The molecule has 3 rings (SSSR count). The lowest BCUT2D eigenvalue weighted by atomic mass is 10.1. The van der Waals surface area contributed by atoms with Gasteiger partial charge >= 0.3 is 5.97 Å². The third-order valence-corrected chi connectivity index (χ3v) is 3.54. The van der Waals surface area contributed by atoms with E-state index in [1.165, 1.54) is 18.1 Å². The number of esters is 1. The molecule has 0 saturated carbocycles. The molecular weight excluding hydrogens is 240 g/mol. The number of methoxy groups -OCH3 is 1. The minimum Gasteiger partial charge on any atom is -0.469 e. The monoisotopic (exact) mass is 256 g/mol. The summed E-state index contributed by atoms with van der Waals surface area (Å²) >= 11 is 0. The third-order valence-electron chi connectivity index (χ3n) is 3.54. The number of ether oxygens (including phenoxy) is 1. The van der Waals surface area contributed by atoms with Crippen molar-refractivity contribution in [2.24, 2.45) is 0 Å². The maximum absolute atomic E-state index is 11.2. The van der Waals surface area contributed by atoms with Crippen LogP contribution in [0.25, 0.3) is 10.9 Å². The van der Waals surface area contributed by atoms with Crippen molar-refractivity contribution in [2.45, 2.75) is 12.8 Å². The van der Waals surface area contributed by atoms with E-state index in [1.807, 2.05) is 18.2 Å². The van der Waals surface area contributed by atoms with Gasteiger partial charge in [0.05, 0.1) is 19.0 Å². The minimum absolute atomic E-state index is 0.172. The third kappa shape index (κ3) is 2.26. The second-order valence-electron chi connectivity index (χ2n) is 4.73. The van der Waals surface area contributed by atoms with Gasteiger partial charge in [0.2, 0.25) is 0 Å². The smallest absolute Gasteiger partial charge is 0.307 e. The van der Waals surface area contributed by atoms with Crippen LogP contribution in [0, 0.1) is 0 Å². The second kappa shape index (κ2) is 4.88. The standard InChI is InChI=1S/C15H16N2O2/c1-19-14(18)7-9-17-8-6-12-10-11-4-2-3-5-13(11)16-15(12)17/h2-5,10H,6-9H2,1H3. The van der Waals surface area contributed by atoms with Gasteiger partial charge in [-0.3, -0.25) is 4.79 Å². The number of fused-ring (bicyclic) bond motifs is 2. The largest absolute Gasteiger partial charge is 0.469 e. The molecule has 1 aromatic carbocycles. The summed E-state index contributed by atoms with van der Waals surface area (Å²) in [7, 11) is 1.42. The van der Waals surface area contributed by atoms with Crippen LogP contribution in [0.2, 0.25) is 0 Å². The molecule has 2 heterocycles. The van der Waals surface area contributed by atoms with E-state index in [1.54, 1.807) is 0 Å². The number of para-hydroxylation sites is 1. The highest BCUT2D eigenvalue weighted by molar-refractivity contribution is 5.82. The number of aromatic nitrogens is 1. The zero-order valence-corrected chi connectivity index (χ0v) is 10.9. The van der Waals surface area contributed by atoms with E-state index >= 15 is 0 Å². The molecule has 19 heavy (non-hydrogen) atoms. The molecular formula is C15H16N2O2. The summed E-state index contributed by atoms with van der Waals surface area (Å²) in [6.07, 6.45) is 1.40. The van der Waals surface area contributed by atoms with Crippen molar-refractivity contribution >= 4 is 22.7 Å². The van der Waals surface area contributed by atoms with Gasteiger partial charge in [-0.25, -0.2) is 4.98 Å². The summed E-state index contributed by atoms with van der Waals surface area (Å²) in [6.45, 7) is 1.60. The molecule has 4 heteroatoms. The van der Waals surface area contributed by atoms with Gasteiger partial charge in [0.25, 0.3) is 0 Å². The highest BCUT2D eigenvalue weighted by Gasteiger charge is 2.21. The summed E-state index contributed by atoms with van der Waals surface area (Å²) in [4.78, 5) is 18.1. The molecule has 0 fully saturated rings. The van der Waals surface area contributed by atoms with Crippen molar-refractivity contribution in [1.82, 2.24) is 4.98 Å². The van der Waals surface area contributed by atoms with Crippen LogP contribution in [0.15, 0.2) is 30.3 Å². The van der Waals surface area contributed by atoms with E-state index in [0.717, 1.165) is 24.3 Å². The van der Waals surface area contributed by atoms with Gasteiger partial charge in [-0.05, 0) is 24.1 Å². The Hall–Kier alpha value is -2.10. The summed E-state index contributed by atoms with van der Waals surface area (Å²) < 4.78 is 4.68. The number of benzene rings is 1. The van der Waals surface area contributed by atoms with Crippen LogP contribution >= 0.6 is 0 Å².